The van der Waals surface area contributed by atoms with Crippen molar-refractivity contribution in [1.82, 2.24) is 0 Å². The minimum Gasteiger partial charge on any atom is -0.489 e. The lowest BCUT2D eigenvalue weighted by molar-refractivity contribution is -0.139. The Balaban J connectivity index is 2.21. The highest BCUT2D eigenvalue weighted by molar-refractivity contribution is 6.05. The predicted molar refractivity (Wildman–Crippen MR) is 101 cm³/mol. The van der Waals surface area contributed by atoms with E-state index in [-0.39, 0.29) is 12.3 Å². The van der Waals surface area contributed by atoms with E-state index in [1.807, 2.05) is 0 Å². The molecule has 2 N–H and O–H groups in total. The minimum atomic E-state index is -1.09. The number of rotatable bonds is 9. The Labute approximate surface area is 162 Å². The van der Waals surface area contributed by atoms with Gasteiger partial charge in [0.1, 0.15) is 23.9 Å². The van der Waals surface area contributed by atoms with Crippen molar-refractivity contribution in [2.24, 2.45) is 0 Å². The number of amides is 1. The molecule has 0 heterocycles. The molecule has 150 valence electrons. The first-order chi connectivity index (χ1) is 13.3. The Morgan fingerprint density at radius 1 is 1.07 bits per heavy atom. The van der Waals surface area contributed by atoms with E-state index in [9.17, 15) is 14.0 Å². The molecule has 2 aromatic carbocycles. The fourth-order valence-electron chi connectivity index (χ4n) is 2.60. The number of nitrogens with one attached hydrogen (secondary N) is 1. The van der Waals surface area contributed by atoms with Crippen LogP contribution in [0.4, 0.5) is 10.1 Å². The number of ether oxygens (including phenoxy) is 3. The molecule has 0 fully saturated rings. The Morgan fingerprint density at radius 2 is 1.75 bits per heavy atom. The van der Waals surface area contributed by atoms with Gasteiger partial charge in [0.2, 0.25) is 0 Å². The predicted octanol–water partition coefficient (Wildman–Crippen LogP) is 3.18. The number of hydrogen-bond acceptors (Lipinski definition) is 5. The third-order valence-electron chi connectivity index (χ3n) is 3.80. The Kier molecular flexibility index (Phi) is 7.34. The number of halogens is 1. The van der Waals surface area contributed by atoms with Gasteiger partial charge in [0.25, 0.3) is 5.91 Å². The van der Waals surface area contributed by atoms with Crippen LogP contribution < -0.4 is 14.8 Å². The number of carbonyl (C=O) groups excluding carboxylic acids is 1. The van der Waals surface area contributed by atoms with Gasteiger partial charge < -0.3 is 24.6 Å². The summed E-state index contributed by atoms with van der Waals surface area (Å²) in [6.45, 7) is 3.54. The van der Waals surface area contributed by atoms with Gasteiger partial charge in [-0.3, -0.25) is 4.79 Å². The molecule has 0 unspecified atom stereocenters. The van der Waals surface area contributed by atoms with Crippen LogP contribution in [0.25, 0.3) is 0 Å². The quantitative estimate of drug-likeness (QED) is 0.638. The van der Waals surface area contributed by atoms with E-state index >= 15 is 0 Å². The van der Waals surface area contributed by atoms with Crippen LogP contribution in [0.15, 0.2) is 30.3 Å². The highest BCUT2D eigenvalue weighted by atomic mass is 19.1. The third-order valence-corrected chi connectivity index (χ3v) is 3.80. The van der Waals surface area contributed by atoms with E-state index in [2.05, 4.69) is 5.32 Å². The van der Waals surface area contributed by atoms with Gasteiger partial charge in [0.15, 0.2) is 6.61 Å². The first-order valence-corrected chi connectivity index (χ1v) is 8.50. The number of carboxylic acid groups (broad SMARTS) is 1. The second-order valence-electron chi connectivity index (χ2n) is 6.06. The fourth-order valence-corrected chi connectivity index (χ4v) is 2.60. The summed E-state index contributed by atoms with van der Waals surface area (Å²) in [5, 5.41) is 11.4. The summed E-state index contributed by atoms with van der Waals surface area (Å²) in [5.41, 5.74) is 1.75. The summed E-state index contributed by atoms with van der Waals surface area (Å²) >= 11 is 0. The molecule has 0 spiro atoms. The molecule has 0 atom stereocenters. The summed E-state index contributed by atoms with van der Waals surface area (Å²) in [6.07, 6.45) is 0. The van der Waals surface area contributed by atoms with Crippen molar-refractivity contribution < 1.29 is 33.3 Å². The molecule has 2 rings (SSSR count). The molecule has 0 bridgehead atoms. The molecule has 0 saturated heterocycles. The molecule has 0 aliphatic heterocycles. The Morgan fingerprint density at radius 3 is 2.36 bits per heavy atom. The van der Waals surface area contributed by atoms with Crippen LogP contribution in [0, 0.1) is 19.7 Å². The number of benzene rings is 2. The molecule has 2 aromatic rings. The molecule has 0 saturated carbocycles. The molecular formula is C20H22FNO6. The summed E-state index contributed by atoms with van der Waals surface area (Å²) < 4.78 is 29.3. The second kappa shape index (κ2) is 9.70. The maximum absolute atomic E-state index is 13.6. The Bertz CT molecular complexity index is 845. The second-order valence-corrected chi connectivity index (χ2v) is 6.06. The highest BCUT2D eigenvalue weighted by Gasteiger charge is 2.15. The van der Waals surface area contributed by atoms with Crippen molar-refractivity contribution >= 4 is 17.6 Å². The van der Waals surface area contributed by atoms with Gasteiger partial charge in [-0.1, -0.05) is 0 Å². The number of carbonyl (C=O) groups is 2. The smallest absolute Gasteiger partial charge is 0.341 e. The van der Waals surface area contributed by atoms with Gasteiger partial charge in [-0.25, -0.2) is 9.18 Å². The lowest BCUT2D eigenvalue weighted by Gasteiger charge is -2.15. The first kappa shape index (κ1) is 21.2. The van der Waals surface area contributed by atoms with E-state index in [4.69, 9.17) is 19.3 Å². The van der Waals surface area contributed by atoms with Crippen molar-refractivity contribution in [3.05, 3.63) is 52.8 Å². The maximum atomic E-state index is 13.6. The van der Waals surface area contributed by atoms with Gasteiger partial charge in [-0.15, -0.1) is 0 Å². The number of methoxy groups -OCH3 is 1. The topological polar surface area (TPSA) is 94.1 Å². The van der Waals surface area contributed by atoms with Gasteiger partial charge in [-0.2, -0.15) is 0 Å². The van der Waals surface area contributed by atoms with Crippen LogP contribution in [0.1, 0.15) is 21.5 Å². The number of aryl methyl sites for hydroxylation is 2. The third kappa shape index (κ3) is 5.68. The fraction of sp³-hybridized carbons (Fsp3) is 0.300. The molecule has 0 aliphatic carbocycles. The molecule has 0 radical (unpaired) electrons. The minimum absolute atomic E-state index is 0.197. The number of hydrogen-bond donors (Lipinski definition) is 2. The molecule has 28 heavy (non-hydrogen) atoms. The summed E-state index contributed by atoms with van der Waals surface area (Å²) in [5.74, 6) is -1.33. The van der Waals surface area contributed by atoms with Crippen molar-refractivity contribution in [3.8, 4) is 11.5 Å². The largest absolute Gasteiger partial charge is 0.489 e. The molecule has 1 amide bonds. The highest BCUT2D eigenvalue weighted by Crippen LogP contribution is 2.28. The first-order valence-electron chi connectivity index (χ1n) is 8.50. The van der Waals surface area contributed by atoms with Gasteiger partial charge in [0, 0.05) is 18.7 Å². The van der Waals surface area contributed by atoms with E-state index in [0.717, 1.165) is 0 Å². The van der Waals surface area contributed by atoms with Crippen molar-refractivity contribution in [3.63, 3.8) is 0 Å². The SMILES string of the molecule is COCCOc1ccc(F)cc1NC(=O)c1cc(C)c(OCC(=O)O)c(C)c1. The van der Waals surface area contributed by atoms with Crippen molar-refractivity contribution in [2.45, 2.75) is 13.8 Å². The molecule has 8 heteroatoms. The van der Waals surface area contributed by atoms with E-state index in [1.165, 1.54) is 25.3 Å². The average molecular weight is 391 g/mol. The van der Waals surface area contributed by atoms with E-state index < -0.39 is 24.3 Å². The zero-order valence-electron chi connectivity index (χ0n) is 15.9. The van der Waals surface area contributed by atoms with E-state index in [1.54, 1.807) is 26.0 Å². The number of anilines is 1. The summed E-state index contributed by atoms with van der Waals surface area (Å²) in [4.78, 5) is 23.3. The zero-order valence-corrected chi connectivity index (χ0v) is 15.9. The van der Waals surface area contributed by atoms with Crippen molar-refractivity contribution in [1.29, 1.82) is 0 Å². The summed E-state index contributed by atoms with van der Waals surface area (Å²) in [7, 11) is 1.53. The lowest BCUT2D eigenvalue weighted by Crippen LogP contribution is -2.15. The molecule has 7 nitrogen and oxygen atoms in total. The van der Waals surface area contributed by atoms with Crippen LogP contribution in [0.2, 0.25) is 0 Å². The van der Waals surface area contributed by atoms with Gasteiger partial charge in [0.05, 0.1) is 12.3 Å². The van der Waals surface area contributed by atoms with Crippen LogP contribution >= 0.6 is 0 Å². The summed E-state index contributed by atoms with van der Waals surface area (Å²) in [6, 6.07) is 6.99. The molecule has 0 aromatic heterocycles. The number of aliphatic carboxylic acids is 1. The zero-order chi connectivity index (χ0) is 20.7. The van der Waals surface area contributed by atoms with Crippen molar-refractivity contribution in [2.75, 3.05) is 32.2 Å². The lowest BCUT2D eigenvalue weighted by atomic mass is 10.0. The monoisotopic (exact) mass is 391 g/mol. The van der Waals surface area contributed by atoms with Gasteiger partial charge in [-0.05, 0) is 49.2 Å². The van der Waals surface area contributed by atoms with Crippen LogP contribution in [-0.4, -0.2) is 43.9 Å². The van der Waals surface area contributed by atoms with Crippen LogP contribution in [0.3, 0.4) is 0 Å². The maximum Gasteiger partial charge on any atom is 0.341 e. The standard InChI is InChI=1S/C20H22FNO6/c1-12-8-14(9-13(2)19(12)28-11-18(23)24)20(25)22-16-10-15(21)4-5-17(16)27-7-6-26-3/h4-5,8-10H,6-7,11H2,1-3H3,(H,22,25)(H,23,24). The van der Waals surface area contributed by atoms with Crippen LogP contribution in [0.5, 0.6) is 11.5 Å². The molecular weight excluding hydrogens is 369 g/mol. The van der Waals surface area contributed by atoms with E-state index in [0.29, 0.717) is 34.8 Å². The van der Waals surface area contributed by atoms with Crippen LogP contribution in [-0.2, 0) is 9.53 Å². The normalized spacial score (nSPS) is 10.4. The average Bonchev–Trinajstić information content (AvgIpc) is 2.62. The van der Waals surface area contributed by atoms with Gasteiger partial charge >= 0.3 is 5.97 Å². The Hall–Kier alpha value is -3.13. The number of carboxylic acids is 1. The molecule has 0 aliphatic rings.